The maximum atomic E-state index is 13.2. The second kappa shape index (κ2) is 8.22. The van der Waals surface area contributed by atoms with E-state index in [1.54, 1.807) is 0 Å². The van der Waals surface area contributed by atoms with E-state index in [9.17, 15) is 35.3 Å². The summed E-state index contributed by atoms with van der Waals surface area (Å²) in [5.41, 5.74) is -0.770. The molecule has 0 aliphatic heterocycles. The van der Waals surface area contributed by atoms with Gasteiger partial charge in [0, 0.05) is 6.42 Å². The van der Waals surface area contributed by atoms with Gasteiger partial charge in [0.1, 0.15) is 5.60 Å². The molecule has 1 rings (SSSR count). The molecule has 1 aliphatic carbocycles. The molecule has 0 saturated heterocycles. The number of hydrogen-bond donors (Lipinski definition) is 0. The second-order valence-corrected chi connectivity index (χ2v) is 7.64. The fraction of sp³-hybridized carbons (Fsp3) is 0.800. The van der Waals surface area contributed by atoms with Gasteiger partial charge in [0.05, 0.1) is 18.8 Å². The summed E-state index contributed by atoms with van der Waals surface area (Å²) in [6.45, 7) is 3.71. The fourth-order valence-corrected chi connectivity index (χ4v) is 3.07. The summed E-state index contributed by atoms with van der Waals surface area (Å²) in [6.07, 6.45) is 2.12. The molecule has 152 valence electrons. The zero-order valence-electron chi connectivity index (χ0n) is 14.2. The first-order valence-corrected chi connectivity index (χ1v) is 9.39. The number of carbonyl (C=O) groups excluding carboxylic acids is 1. The Balaban J connectivity index is 2.48. The molecule has 0 bridgehead atoms. The summed E-state index contributed by atoms with van der Waals surface area (Å²) < 4.78 is 93.1. The van der Waals surface area contributed by atoms with Crippen LogP contribution in [0, 0.1) is 0 Å². The molecule has 0 amide bonds. The Kier molecular flexibility index (Phi) is 7.22. The Morgan fingerprint density at radius 3 is 2.23 bits per heavy atom. The van der Waals surface area contributed by atoms with E-state index in [2.05, 4.69) is 11.3 Å². The van der Waals surface area contributed by atoms with Crippen LogP contribution in [0.15, 0.2) is 12.2 Å². The van der Waals surface area contributed by atoms with Crippen LogP contribution in [0.1, 0.15) is 45.4 Å². The zero-order valence-corrected chi connectivity index (χ0v) is 15.1. The fourth-order valence-electron chi connectivity index (χ4n) is 2.60. The third-order valence-electron chi connectivity index (χ3n) is 4.33. The SMILES string of the molecule is C=C(COCCC(F)(F)C(F)(F)S(=O)(=O)[O-])C(=O)OC1(CC)CCCC1. The maximum Gasteiger partial charge on any atom is 0.396 e. The number of carbonyl (C=O) groups is 1. The molecule has 1 fully saturated rings. The summed E-state index contributed by atoms with van der Waals surface area (Å²) in [4.78, 5) is 12.0. The Labute approximate surface area is 149 Å². The van der Waals surface area contributed by atoms with Gasteiger partial charge >= 0.3 is 17.1 Å². The van der Waals surface area contributed by atoms with Gasteiger partial charge < -0.3 is 14.0 Å². The minimum Gasteiger partial charge on any atom is -0.743 e. The third-order valence-corrected chi connectivity index (χ3v) is 5.26. The largest absolute Gasteiger partial charge is 0.743 e. The van der Waals surface area contributed by atoms with Crippen LogP contribution in [-0.4, -0.2) is 48.9 Å². The van der Waals surface area contributed by atoms with Crippen molar-refractivity contribution in [1.29, 1.82) is 0 Å². The zero-order chi connectivity index (χ0) is 20.2. The summed E-state index contributed by atoms with van der Waals surface area (Å²) in [5, 5.41) is -5.75. The van der Waals surface area contributed by atoms with Crippen molar-refractivity contribution in [2.45, 2.75) is 62.2 Å². The van der Waals surface area contributed by atoms with Crippen LogP contribution in [0.5, 0.6) is 0 Å². The first-order chi connectivity index (χ1) is 11.8. The Hall–Kier alpha value is -1.20. The molecule has 0 atom stereocenters. The lowest BCUT2D eigenvalue weighted by Gasteiger charge is -2.28. The lowest BCUT2D eigenvalue weighted by Crippen LogP contribution is -2.47. The van der Waals surface area contributed by atoms with Crippen molar-refractivity contribution in [3.8, 4) is 0 Å². The highest BCUT2D eigenvalue weighted by Gasteiger charge is 2.61. The molecule has 0 aromatic carbocycles. The lowest BCUT2D eigenvalue weighted by atomic mass is 9.99. The van der Waals surface area contributed by atoms with Crippen molar-refractivity contribution in [3.05, 3.63) is 12.2 Å². The van der Waals surface area contributed by atoms with Gasteiger partial charge in [0.2, 0.25) is 0 Å². The van der Waals surface area contributed by atoms with Crippen LogP contribution in [-0.2, 0) is 24.4 Å². The lowest BCUT2D eigenvalue weighted by molar-refractivity contribution is -0.171. The van der Waals surface area contributed by atoms with E-state index in [1.807, 2.05) is 6.92 Å². The molecular weight excluding hydrogens is 384 g/mol. The van der Waals surface area contributed by atoms with Gasteiger partial charge in [-0.3, -0.25) is 0 Å². The number of alkyl halides is 4. The molecule has 1 saturated carbocycles. The molecule has 0 aromatic rings. The molecule has 0 N–H and O–H groups in total. The van der Waals surface area contributed by atoms with Crippen molar-refractivity contribution in [2.75, 3.05) is 13.2 Å². The molecule has 11 heteroatoms. The highest BCUT2D eigenvalue weighted by Crippen LogP contribution is 2.40. The van der Waals surface area contributed by atoms with Crippen LogP contribution >= 0.6 is 0 Å². The Bertz CT molecular complexity index is 626. The van der Waals surface area contributed by atoms with Gasteiger partial charge in [-0.15, -0.1) is 0 Å². The summed E-state index contributed by atoms with van der Waals surface area (Å²) in [7, 11) is -6.53. The number of halogens is 4. The minimum atomic E-state index is -6.53. The van der Waals surface area contributed by atoms with Crippen molar-refractivity contribution in [1.82, 2.24) is 0 Å². The molecule has 0 radical (unpaired) electrons. The maximum absolute atomic E-state index is 13.2. The number of ether oxygens (including phenoxy) is 2. The number of hydrogen-bond acceptors (Lipinski definition) is 6. The smallest absolute Gasteiger partial charge is 0.396 e. The minimum absolute atomic E-state index is 0.184. The molecular formula is C15H21F4O6S-. The van der Waals surface area contributed by atoms with E-state index in [0.29, 0.717) is 19.3 Å². The standard InChI is InChI=1S/C15H22F4O6S/c1-3-13(6-4-5-7-13)25-12(20)11(2)10-24-9-8-14(16,17)15(18,19)26(21,22)23/h2-10H2,1H3,(H,21,22,23)/p-1. The Morgan fingerprint density at radius 2 is 1.77 bits per heavy atom. The molecule has 6 nitrogen and oxygen atoms in total. The highest BCUT2D eigenvalue weighted by molar-refractivity contribution is 7.86. The van der Waals surface area contributed by atoms with Crippen LogP contribution < -0.4 is 0 Å². The Morgan fingerprint density at radius 1 is 1.23 bits per heavy atom. The van der Waals surface area contributed by atoms with E-state index in [4.69, 9.17) is 4.74 Å². The topological polar surface area (TPSA) is 92.7 Å². The van der Waals surface area contributed by atoms with Gasteiger partial charge in [-0.2, -0.15) is 17.6 Å². The number of rotatable bonds is 10. The van der Waals surface area contributed by atoms with Crippen LogP contribution in [0.3, 0.4) is 0 Å². The van der Waals surface area contributed by atoms with Gasteiger partial charge in [0.15, 0.2) is 10.1 Å². The van der Waals surface area contributed by atoms with Crippen LogP contribution in [0.4, 0.5) is 17.6 Å². The second-order valence-electron chi connectivity index (χ2n) is 6.21. The van der Waals surface area contributed by atoms with Gasteiger partial charge in [-0.05, 0) is 32.1 Å². The monoisotopic (exact) mass is 405 g/mol. The van der Waals surface area contributed by atoms with Gasteiger partial charge in [-0.25, -0.2) is 13.2 Å². The van der Waals surface area contributed by atoms with Crippen molar-refractivity contribution in [2.24, 2.45) is 0 Å². The first kappa shape index (κ1) is 22.8. The van der Waals surface area contributed by atoms with Crippen LogP contribution in [0.25, 0.3) is 0 Å². The highest BCUT2D eigenvalue weighted by atomic mass is 32.2. The van der Waals surface area contributed by atoms with E-state index in [0.717, 1.165) is 12.8 Å². The molecule has 0 spiro atoms. The quantitative estimate of drug-likeness (QED) is 0.182. The third kappa shape index (κ3) is 5.17. The molecule has 26 heavy (non-hydrogen) atoms. The van der Waals surface area contributed by atoms with E-state index < -0.39 is 52.5 Å². The molecule has 0 unspecified atom stereocenters. The average Bonchev–Trinajstić information content (AvgIpc) is 2.99. The molecule has 0 aromatic heterocycles. The van der Waals surface area contributed by atoms with E-state index >= 15 is 0 Å². The summed E-state index contributed by atoms with van der Waals surface area (Å²) in [5.74, 6) is -5.88. The molecule has 1 aliphatic rings. The first-order valence-electron chi connectivity index (χ1n) is 7.98. The van der Waals surface area contributed by atoms with Gasteiger partial charge in [-0.1, -0.05) is 13.5 Å². The molecule has 0 heterocycles. The predicted molar refractivity (Wildman–Crippen MR) is 81.7 cm³/mol. The van der Waals surface area contributed by atoms with Gasteiger partial charge in [0.25, 0.3) is 0 Å². The van der Waals surface area contributed by atoms with Crippen molar-refractivity contribution in [3.63, 3.8) is 0 Å². The predicted octanol–water partition coefficient (Wildman–Crippen LogP) is 2.99. The van der Waals surface area contributed by atoms with E-state index in [1.165, 1.54) is 0 Å². The summed E-state index contributed by atoms with van der Waals surface area (Å²) in [6, 6.07) is 0. The van der Waals surface area contributed by atoms with Crippen molar-refractivity contribution >= 4 is 16.1 Å². The van der Waals surface area contributed by atoms with Crippen molar-refractivity contribution < 1.29 is 44.8 Å². The van der Waals surface area contributed by atoms with Crippen LogP contribution in [0.2, 0.25) is 0 Å². The number of esters is 1. The normalized spacial score (nSPS) is 17.9. The van der Waals surface area contributed by atoms with E-state index in [-0.39, 0.29) is 5.57 Å². The summed E-state index contributed by atoms with van der Waals surface area (Å²) >= 11 is 0. The average molecular weight is 405 g/mol.